The first-order valence-electron chi connectivity index (χ1n) is 8.89. The van der Waals surface area contributed by atoms with Crippen molar-refractivity contribution in [2.24, 2.45) is 0 Å². The van der Waals surface area contributed by atoms with Crippen LogP contribution in [0.4, 0.5) is 5.13 Å². The number of nitrogens with one attached hydrogen (secondary N) is 1. The molecule has 6 nitrogen and oxygen atoms in total. The third-order valence-corrected chi connectivity index (χ3v) is 5.45. The van der Waals surface area contributed by atoms with Crippen molar-refractivity contribution in [2.45, 2.75) is 6.92 Å². The fourth-order valence-corrected chi connectivity index (χ4v) is 4.16. The van der Waals surface area contributed by atoms with E-state index in [1.165, 1.54) is 11.3 Å². The fourth-order valence-electron chi connectivity index (χ4n) is 3.29. The van der Waals surface area contributed by atoms with Gasteiger partial charge in [0.2, 0.25) is 6.79 Å². The standard InChI is InChI=1S/C21H16N2O4S/c1-2-25-15-8-7-12-5-3-4-6-13(12)19(15)20(24)23-21-22-14-9-16-17(27-11-26-16)10-18(14)28-21/h3-10H,2,11H2,1H3,(H,22,23,24). The van der Waals surface area contributed by atoms with Crippen LogP contribution in [-0.2, 0) is 0 Å². The Bertz CT molecular complexity index is 1180. The summed E-state index contributed by atoms with van der Waals surface area (Å²) in [6.45, 7) is 2.59. The Morgan fingerprint density at radius 1 is 1.18 bits per heavy atom. The largest absolute Gasteiger partial charge is 0.493 e. The Hall–Kier alpha value is -3.32. The second kappa shape index (κ2) is 6.69. The summed E-state index contributed by atoms with van der Waals surface area (Å²) in [6, 6.07) is 15.2. The summed E-state index contributed by atoms with van der Waals surface area (Å²) >= 11 is 1.39. The number of amides is 1. The third kappa shape index (κ3) is 2.80. The van der Waals surface area contributed by atoms with E-state index in [0.29, 0.717) is 34.6 Å². The van der Waals surface area contributed by atoms with Gasteiger partial charge in [0.05, 0.1) is 22.4 Å². The maximum absolute atomic E-state index is 13.1. The van der Waals surface area contributed by atoms with Crippen molar-refractivity contribution in [3.05, 3.63) is 54.1 Å². The molecular formula is C21H16N2O4S. The van der Waals surface area contributed by atoms with Crippen LogP contribution in [0.3, 0.4) is 0 Å². The van der Waals surface area contributed by atoms with E-state index in [9.17, 15) is 4.79 Å². The van der Waals surface area contributed by atoms with E-state index in [-0.39, 0.29) is 12.7 Å². The first kappa shape index (κ1) is 16.8. The van der Waals surface area contributed by atoms with Crippen molar-refractivity contribution in [1.82, 2.24) is 4.98 Å². The van der Waals surface area contributed by atoms with Gasteiger partial charge in [0.25, 0.3) is 5.91 Å². The predicted octanol–water partition coefficient (Wildman–Crippen LogP) is 4.83. The van der Waals surface area contributed by atoms with Crippen LogP contribution in [-0.4, -0.2) is 24.3 Å². The van der Waals surface area contributed by atoms with Gasteiger partial charge in [-0.15, -0.1) is 0 Å². The number of nitrogens with zero attached hydrogens (tertiary/aromatic N) is 1. The first-order chi connectivity index (χ1) is 13.7. The molecule has 28 heavy (non-hydrogen) atoms. The van der Waals surface area contributed by atoms with Gasteiger partial charge in [0, 0.05) is 12.1 Å². The summed E-state index contributed by atoms with van der Waals surface area (Å²) in [5, 5.41) is 5.25. The first-order valence-corrected chi connectivity index (χ1v) is 9.70. The molecule has 0 bridgehead atoms. The Balaban J connectivity index is 1.53. The molecule has 1 aliphatic heterocycles. The molecule has 7 heteroatoms. The zero-order chi connectivity index (χ0) is 19.1. The fraction of sp³-hybridized carbons (Fsp3) is 0.143. The van der Waals surface area contributed by atoms with Gasteiger partial charge in [-0.3, -0.25) is 10.1 Å². The van der Waals surface area contributed by atoms with Crippen LogP contribution in [0.25, 0.3) is 21.0 Å². The number of anilines is 1. The lowest BCUT2D eigenvalue weighted by atomic mass is 10.0. The summed E-state index contributed by atoms with van der Waals surface area (Å²) < 4.78 is 17.4. The molecule has 1 N–H and O–H groups in total. The quantitative estimate of drug-likeness (QED) is 0.539. The molecule has 1 aromatic heterocycles. The van der Waals surface area contributed by atoms with Gasteiger partial charge in [-0.25, -0.2) is 4.98 Å². The molecule has 3 aromatic carbocycles. The highest BCUT2D eigenvalue weighted by molar-refractivity contribution is 7.22. The van der Waals surface area contributed by atoms with Crippen molar-refractivity contribution in [3.8, 4) is 17.2 Å². The van der Waals surface area contributed by atoms with E-state index in [0.717, 1.165) is 21.0 Å². The van der Waals surface area contributed by atoms with Crippen molar-refractivity contribution >= 4 is 43.4 Å². The second-order valence-corrected chi connectivity index (χ2v) is 7.27. The Kier molecular flexibility index (Phi) is 4.02. The maximum atomic E-state index is 13.1. The molecule has 140 valence electrons. The van der Waals surface area contributed by atoms with Crippen LogP contribution >= 0.6 is 11.3 Å². The van der Waals surface area contributed by atoms with Crippen molar-refractivity contribution in [3.63, 3.8) is 0 Å². The van der Waals surface area contributed by atoms with Gasteiger partial charge in [0.1, 0.15) is 5.75 Å². The predicted molar refractivity (Wildman–Crippen MR) is 109 cm³/mol. The van der Waals surface area contributed by atoms with Crippen LogP contribution in [0.2, 0.25) is 0 Å². The number of benzene rings is 3. The minimum atomic E-state index is -0.251. The lowest BCUT2D eigenvalue weighted by Gasteiger charge is -2.12. The van der Waals surface area contributed by atoms with E-state index < -0.39 is 0 Å². The maximum Gasteiger partial charge on any atom is 0.261 e. The summed E-state index contributed by atoms with van der Waals surface area (Å²) in [6.07, 6.45) is 0. The summed E-state index contributed by atoms with van der Waals surface area (Å²) in [5.74, 6) is 1.67. The number of carbonyl (C=O) groups is 1. The van der Waals surface area contributed by atoms with Crippen LogP contribution in [0.1, 0.15) is 17.3 Å². The van der Waals surface area contributed by atoms with Gasteiger partial charge < -0.3 is 14.2 Å². The normalized spacial score (nSPS) is 12.5. The molecule has 0 spiro atoms. The Morgan fingerprint density at radius 2 is 2.00 bits per heavy atom. The van der Waals surface area contributed by atoms with Crippen LogP contribution < -0.4 is 19.5 Å². The molecular weight excluding hydrogens is 376 g/mol. The molecule has 2 heterocycles. The number of thiazole rings is 1. The number of ether oxygens (including phenoxy) is 3. The average Bonchev–Trinajstić information content (AvgIpc) is 3.31. The molecule has 1 aliphatic rings. The lowest BCUT2D eigenvalue weighted by molar-refractivity contribution is 0.102. The van der Waals surface area contributed by atoms with E-state index in [2.05, 4.69) is 10.3 Å². The molecule has 0 atom stereocenters. The number of hydrogen-bond donors (Lipinski definition) is 1. The smallest absolute Gasteiger partial charge is 0.261 e. The highest BCUT2D eigenvalue weighted by atomic mass is 32.1. The van der Waals surface area contributed by atoms with E-state index in [1.807, 2.05) is 55.5 Å². The van der Waals surface area contributed by atoms with Gasteiger partial charge in [-0.2, -0.15) is 0 Å². The third-order valence-electron chi connectivity index (χ3n) is 4.52. The Labute approximate surface area is 164 Å². The molecule has 0 radical (unpaired) electrons. The summed E-state index contributed by atoms with van der Waals surface area (Å²) in [7, 11) is 0. The monoisotopic (exact) mass is 392 g/mol. The molecule has 1 amide bonds. The van der Waals surface area contributed by atoms with Crippen LogP contribution in [0, 0.1) is 0 Å². The topological polar surface area (TPSA) is 69.7 Å². The zero-order valence-electron chi connectivity index (χ0n) is 15.0. The molecule has 5 rings (SSSR count). The zero-order valence-corrected chi connectivity index (χ0v) is 15.8. The van der Waals surface area contributed by atoms with Crippen LogP contribution in [0.5, 0.6) is 17.2 Å². The molecule has 0 fully saturated rings. The SMILES string of the molecule is CCOc1ccc2ccccc2c1C(=O)Nc1nc2cc3c(cc2s1)OCO3. The Morgan fingerprint density at radius 3 is 2.86 bits per heavy atom. The number of carbonyl (C=O) groups excluding carboxylic acids is 1. The van der Waals surface area contributed by atoms with Gasteiger partial charge in [-0.05, 0) is 23.8 Å². The van der Waals surface area contributed by atoms with Crippen molar-refractivity contribution in [2.75, 3.05) is 18.7 Å². The molecule has 0 aliphatic carbocycles. The molecule has 0 saturated heterocycles. The number of hydrogen-bond acceptors (Lipinski definition) is 6. The summed E-state index contributed by atoms with van der Waals surface area (Å²) in [4.78, 5) is 17.6. The van der Waals surface area contributed by atoms with E-state index in [1.54, 1.807) is 0 Å². The molecule has 0 saturated carbocycles. The average molecular weight is 392 g/mol. The highest BCUT2D eigenvalue weighted by Crippen LogP contribution is 2.39. The van der Waals surface area contributed by atoms with Crippen LogP contribution in [0.15, 0.2) is 48.5 Å². The number of fused-ring (bicyclic) bond motifs is 3. The van der Waals surface area contributed by atoms with Gasteiger partial charge in [0.15, 0.2) is 16.6 Å². The van der Waals surface area contributed by atoms with Crippen molar-refractivity contribution in [1.29, 1.82) is 0 Å². The number of rotatable bonds is 4. The van der Waals surface area contributed by atoms with E-state index in [4.69, 9.17) is 14.2 Å². The second-order valence-electron chi connectivity index (χ2n) is 6.24. The van der Waals surface area contributed by atoms with Gasteiger partial charge >= 0.3 is 0 Å². The summed E-state index contributed by atoms with van der Waals surface area (Å²) in [5.41, 5.74) is 1.26. The van der Waals surface area contributed by atoms with Gasteiger partial charge in [-0.1, -0.05) is 41.7 Å². The minimum absolute atomic E-state index is 0.220. The highest BCUT2D eigenvalue weighted by Gasteiger charge is 2.20. The van der Waals surface area contributed by atoms with E-state index >= 15 is 0 Å². The minimum Gasteiger partial charge on any atom is -0.493 e. The molecule has 4 aromatic rings. The molecule has 0 unspecified atom stereocenters. The lowest BCUT2D eigenvalue weighted by Crippen LogP contribution is -2.14. The number of aromatic nitrogens is 1. The van der Waals surface area contributed by atoms with Crippen molar-refractivity contribution < 1.29 is 19.0 Å².